The normalized spacial score (nSPS) is 9.15. The molecule has 0 aliphatic heterocycles. The van der Waals surface area contributed by atoms with E-state index in [0.717, 1.165) is 0 Å². The summed E-state index contributed by atoms with van der Waals surface area (Å²) in [5, 5.41) is 9.01. The van der Waals surface area contributed by atoms with E-state index in [1.54, 1.807) is 0 Å². The van der Waals surface area contributed by atoms with Gasteiger partial charge in [0.25, 0.3) is 0 Å². The van der Waals surface area contributed by atoms with E-state index >= 15 is 0 Å². The standard InChI is InChI=1S/C7H3Cl3O2.Na/c8-4-1-3(7(11)12)2-5(9)6(4)10;/h1-2H,(H,11,12);/q;+1. The SMILES string of the molecule is O=C(O)c1cc(Cl)c(Cl)c(Cl)c1.[Na+]. The zero-order chi connectivity index (χ0) is 9.30. The second-order valence-electron chi connectivity index (χ2n) is 2.06. The average molecular weight is 248 g/mol. The molecule has 6 heteroatoms. The molecule has 0 heterocycles. The van der Waals surface area contributed by atoms with E-state index in [0.29, 0.717) is 0 Å². The van der Waals surface area contributed by atoms with Gasteiger partial charge in [-0.1, -0.05) is 34.8 Å². The molecule has 1 aromatic rings. The van der Waals surface area contributed by atoms with Crippen molar-refractivity contribution in [2.45, 2.75) is 0 Å². The van der Waals surface area contributed by atoms with Crippen LogP contribution in [0.4, 0.5) is 0 Å². The second kappa shape index (κ2) is 5.44. The first-order valence-corrected chi connectivity index (χ1v) is 4.03. The Hall–Kier alpha value is 0.560. The second-order valence-corrected chi connectivity index (χ2v) is 3.25. The zero-order valence-corrected chi connectivity index (χ0v) is 10.9. The van der Waals surface area contributed by atoms with Gasteiger partial charge in [-0.2, -0.15) is 0 Å². The predicted octanol–water partition coefficient (Wildman–Crippen LogP) is 0.349. The number of hydrogen-bond acceptors (Lipinski definition) is 1. The van der Waals surface area contributed by atoms with Crippen molar-refractivity contribution in [3.63, 3.8) is 0 Å². The Balaban J connectivity index is 0.00000144. The summed E-state index contributed by atoms with van der Waals surface area (Å²) in [4.78, 5) is 10.5. The molecule has 64 valence electrons. The number of carbonyl (C=O) groups is 1. The summed E-state index contributed by atoms with van der Waals surface area (Å²) >= 11 is 16.8. The molecule has 13 heavy (non-hydrogen) atoms. The monoisotopic (exact) mass is 247 g/mol. The summed E-state index contributed by atoms with van der Waals surface area (Å²) in [6.45, 7) is 0. The van der Waals surface area contributed by atoms with Gasteiger partial charge in [0.1, 0.15) is 0 Å². The molecule has 0 unspecified atom stereocenters. The first-order valence-electron chi connectivity index (χ1n) is 2.90. The van der Waals surface area contributed by atoms with E-state index < -0.39 is 5.97 Å². The maximum absolute atomic E-state index is 10.5. The van der Waals surface area contributed by atoms with Crippen LogP contribution < -0.4 is 29.6 Å². The van der Waals surface area contributed by atoms with Gasteiger partial charge in [0.15, 0.2) is 0 Å². The maximum Gasteiger partial charge on any atom is 1.00 e. The van der Waals surface area contributed by atoms with Crippen LogP contribution in [0.2, 0.25) is 15.1 Å². The molecule has 0 spiro atoms. The molecule has 0 bridgehead atoms. The van der Waals surface area contributed by atoms with Gasteiger partial charge in [-0.3, -0.25) is 0 Å². The third-order valence-electron chi connectivity index (χ3n) is 1.23. The Labute approximate surface area is 112 Å². The van der Waals surface area contributed by atoms with Crippen molar-refractivity contribution in [1.82, 2.24) is 0 Å². The number of carboxylic acid groups (broad SMARTS) is 1. The fourth-order valence-electron chi connectivity index (χ4n) is 0.679. The molecule has 0 radical (unpaired) electrons. The van der Waals surface area contributed by atoms with Crippen LogP contribution in [0, 0.1) is 0 Å². The number of halogens is 3. The molecular weight excluding hydrogens is 245 g/mol. The van der Waals surface area contributed by atoms with Gasteiger partial charge in [0, 0.05) is 0 Å². The summed E-state index contributed by atoms with van der Waals surface area (Å²) in [6, 6.07) is 2.50. The summed E-state index contributed by atoms with van der Waals surface area (Å²) in [7, 11) is 0. The maximum atomic E-state index is 10.5. The molecule has 0 amide bonds. The molecule has 0 saturated carbocycles. The first kappa shape index (κ1) is 13.6. The van der Waals surface area contributed by atoms with E-state index in [4.69, 9.17) is 39.9 Å². The van der Waals surface area contributed by atoms with Gasteiger partial charge in [-0.05, 0) is 12.1 Å². The van der Waals surface area contributed by atoms with E-state index in [9.17, 15) is 4.79 Å². The van der Waals surface area contributed by atoms with Crippen LogP contribution in [0.3, 0.4) is 0 Å². The molecule has 1 rings (SSSR count). The fraction of sp³-hybridized carbons (Fsp3) is 0. The van der Waals surface area contributed by atoms with Crippen LogP contribution in [-0.4, -0.2) is 11.1 Å². The molecule has 0 atom stereocenters. The van der Waals surface area contributed by atoms with Gasteiger partial charge in [0.2, 0.25) is 0 Å². The van der Waals surface area contributed by atoms with Crippen molar-refractivity contribution < 1.29 is 39.5 Å². The molecule has 0 aromatic heterocycles. The van der Waals surface area contributed by atoms with Crippen molar-refractivity contribution in [2.24, 2.45) is 0 Å². The number of hydrogen-bond donors (Lipinski definition) is 1. The van der Waals surface area contributed by atoms with E-state index in [1.807, 2.05) is 0 Å². The third kappa shape index (κ3) is 3.31. The average Bonchev–Trinajstić information content (AvgIpc) is 1.99. The van der Waals surface area contributed by atoms with Crippen molar-refractivity contribution >= 4 is 40.8 Å². The molecule has 0 saturated heterocycles. The first-order chi connectivity index (χ1) is 5.52. The van der Waals surface area contributed by atoms with Gasteiger partial charge >= 0.3 is 35.5 Å². The van der Waals surface area contributed by atoms with Crippen LogP contribution in [-0.2, 0) is 0 Å². The molecule has 0 aliphatic rings. The summed E-state index contributed by atoms with van der Waals surface area (Å²) < 4.78 is 0. The number of carboxylic acids is 1. The van der Waals surface area contributed by atoms with E-state index in [1.165, 1.54) is 12.1 Å². The van der Waals surface area contributed by atoms with Crippen LogP contribution in [0.15, 0.2) is 12.1 Å². The number of rotatable bonds is 1. The summed E-state index contributed by atoms with van der Waals surface area (Å²) in [6.07, 6.45) is 0. The van der Waals surface area contributed by atoms with Crippen LogP contribution in [0.1, 0.15) is 10.4 Å². The predicted molar refractivity (Wildman–Crippen MR) is 48.4 cm³/mol. The molecule has 1 N–H and O–H groups in total. The van der Waals surface area contributed by atoms with Crippen LogP contribution in [0.5, 0.6) is 0 Å². The van der Waals surface area contributed by atoms with Crippen molar-refractivity contribution in [3.05, 3.63) is 32.8 Å². The quantitative estimate of drug-likeness (QED) is 0.575. The topological polar surface area (TPSA) is 37.3 Å². The van der Waals surface area contributed by atoms with Gasteiger partial charge in [-0.15, -0.1) is 0 Å². The zero-order valence-electron chi connectivity index (χ0n) is 6.64. The van der Waals surface area contributed by atoms with Gasteiger partial charge < -0.3 is 5.11 Å². The Bertz CT molecular complexity index is 318. The minimum atomic E-state index is -1.09. The van der Waals surface area contributed by atoms with Crippen molar-refractivity contribution in [1.29, 1.82) is 0 Å². The van der Waals surface area contributed by atoms with Gasteiger partial charge in [-0.25, -0.2) is 4.79 Å². The molecule has 0 fully saturated rings. The van der Waals surface area contributed by atoms with Gasteiger partial charge in [0.05, 0.1) is 20.6 Å². The molecule has 0 aliphatic carbocycles. The Morgan fingerprint density at radius 1 is 1.15 bits per heavy atom. The molecule has 2 nitrogen and oxygen atoms in total. The van der Waals surface area contributed by atoms with Crippen molar-refractivity contribution in [3.8, 4) is 0 Å². The summed E-state index contributed by atoms with van der Waals surface area (Å²) in [5.41, 5.74) is 0.0226. The Morgan fingerprint density at radius 3 is 1.85 bits per heavy atom. The fourth-order valence-corrected chi connectivity index (χ4v) is 1.28. The minimum absolute atomic E-state index is 0. The largest absolute Gasteiger partial charge is 1.00 e. The Kier molecular flexibility index (Phi) is 5.68. The van der Waals surface area contributed by atoms with Crippen LogP contribution >= 0.6 is 34.8 Å². The third-order valence-corrected chi connectivity index (χ3v) is 2.43. The van der Waals surface area contributed by atoms with Crippen LogP contribution in [0.25, 0.3) is 0 Å². The van der Waals surface area contributed by atoms with E-state index in [2.05, 4.69) is 0 Å². The minimum Gasteiger partial charge on any atom is -0.478 e. The Morgan fingerprint density at radius 2 is 1.54 bits per heavy atom. The number of benzene rings is 1. The smallest absolute Gasteiger partial charge is 0.478 e. The van der Waals surface area contributed by atoms with Crippen molar-refractivity contribution in [2.75, 3.05) is 0 Å². The number of aromatic carboxylic acids is 1. The summed E-state index contributed by atoms with van der Waals surface area (Å²) in [5.74, 6) is -1.09. The molecular formula is C7H3Cl3NaO2+. The van der Waals surface area contributed by atoms with E-state index in [-0.39, 0.29) is 50.2 Å². The molecule has 1 aromatic carbocycles.